The quantitative estimate of drug-likeness (QED) is 0.560. The molecule has 216 valence electrons. The molecule has 4 N–H and O–H groups in total. The minimum atomic E-state index is -4.14. The molecule has 4 heterocycles. The number of rotatable bonds is 3. The lowest BCUT2D eigenvalue weighted by Gasteiger charge is -2.40. The first-order valence-corrected chi connectivity index (χ1v) is 14.2. The van der Waals surface area contributed by atoms with Crippen molar-refractivity contribution in [2.45, 2.75) is 63.4 Å². The number of fused-ring (bicyclic) bond motifs is 5. The largest absolute Gasteiger partial charge is 0.351 e. The van der Waals surface area contributed by atoms with Crippen LogP contribution in [0.5, 0.6) is 0 Å². The lowest BCUT2D eigenvalue weighted by atomic mass is 9.98. The van der Waals surface area contributed by atoms with Crippen LogP contribution in [-0.4, -0.2) is 63.3 Å². The maximum absolute atomic E-state index is 11.8. The lowest BCUT2D eigenvalue weighted by molar-refractivity contribution is -0.290. The molecule has 0 aliphatic carbocycles. The second-order valence-corrected chi connectivity index (χ2v) is 11.9. The highest BCUT2D eigenvalue weighted by Gasteiger charge is 2.65. The summed E-state index contributed by atoms with van der Waals surface area (Å²) in [6, 6.07) is 14.9. The van der Waals surface area contributed by atoms with Crippen LogP contribution < -0.4 is 15.8 Å². The van der Waals surface area contributed by atoms with E-state index in [0.717, 1.165) is 22.5 Å². The Hall–Kier alpha value is -2.88. The standard InChI is InChI=1S/C15H12N2O.C12H21NO8S/c16-15(18)17-13-7-3-1-5-11(13)9-10-12-6-2-4-8-14(12)17;1-10(2)18-7-5-16-12(6-17-22(13,14)15)9(8(7)19-10)20-11(3,4)21-12/h1-10H,(H2,16,18);7-9H,5-6H2,1-4H3,(H2,13,14,15)/t;7-,8-,9+,12+/m.1/s1. The number of anilines is 2. The predicted molar refractivity (Wildman–Crippen MR) is 145 cm³/mol. The van der Waals surface area contributed by atoms with Gasteiger partial charge in [0.2, 0.25) is 5.79 Å². The normalized spacial score (nSPS) is 29.2. The first-order chi connectivity index (χ1) is 18.7. The molecule has 4 atom stereocenters. The molecule has 12 nitrogen and oxygen atoms in total. The summed E-state index contributed by atoms with van der Waals surface area (Å²) in [6.45, 7) is 6.71. The van der Waals surface area contributed by atoms with Crippen molar-refractivity contribution in [1.29, 1.82) is 0 Å². The number of nitrogens with zero attached hydrogens (tertiary/aromatic N) is 1. The van der Waals surface area contributed by atoms with Gasteiger partial charge in [0.15, 0.2) is 11.6 Å². The van der Waals surface area contributed by atoms with Gasteiger partial charge < -0.3 is 29.4 Å². The summed E-state index contributed by atoms with van der Waals surface area (Å²) in [4.78, 5) is 13.3. The number of ether oxygens (including phenoxy) is 5. The first-order valence-electron chi connectivity index (χ1n) is 12.7. The number of carbonyl (C=O) groups excluding carboxylic acids is 1. The number of hydrogen-bond acceptors (Lipinski definition) is 9. The Morgan fingerprint density at radius 1 is 0.950 bits per heavy atom. The van der Waals surface area contributed by atoms with Gasteiger partial charge in [-0.1, -0.05) is 48.6 Å². The summed E-state index contributed by atoms with van der Waals surface area (Å²) in [5.74, 6) is -3.19. The van der Waals surface area contributed by atoms with Gasteiger partial charge in [0.25, 0.3) is 0 Å². The monoisotopic (exact) mass is 575 g/mol. The topological polar surface area (TPSA) is 162 Å². The lowest BCUT2D eigenvalue weighted by Crippen LogP contribution is -2.60. The van der Waals surface area contributed by atoms with E-state index in [2.05, 4.69) is 0 Å². The van der Waals surface area contributed by atoms with Gasteiger partial charge in [-0.2, -0.15) is 8.42 Å². The Kier molecular flexibility index (Phi) is 7.30. The molecular formula is C27H33N3O9S. The molecule has 0 unspecified atom stereocenters. The Bertz CT molecular complexity index is 1380. The van der Waals surface area contributed by atoms with Crippen LogP contribution in [0.25, 0.3) is 12.2 Å². The van der Waals surface area contributed by atoms with Crippen molar-refractivity contribution in [1.82, 2.24) is 0 Å². The molecule has 0 aromatic heterocycles. The number of urea groups is 1. The van der Waals surface area contributed by atoms with E-state index in [9.17, 15) is 13.2 Å². The summed E-state index contributed by atoms with van der Waals surface area (Å²) in [6.07, 6.45) is 2.49. The zero-order chi connectivity index (χ0) is 28.9. The van der Waals surface area contributed by atoms with Crippen molar-refractivity contribution in [3.8, 4) is 0 Å². The van der Waals surface area contributed by atoms with Crippen LogP contribution >= 0.6 is 0 Å². The number of nitrogens with two attached hydrogens (primary N) is 2. The van der Waals surface area contributed by atoms with E-state index in [1.54, 1.807) is 32.6 Å². The highest BCUT2D eigenvalue weighted by Crippen LogP contribution is 2.47. The van der Waals surface area contributed by atoms with Gasteiger partial charge in [-0.3, -0.25) is 9.08 Å². The average Bonchev–Trinajstić information content (AvgIpc) is 3.26. The van der Waals surface area contributed by atoms with Gasteiger partial charge >= 0.3 is 16.3 Å². The Morgan fingerprint density at radius 2 is 1.52 bits per heavy atom. The molecule has 4 aliphatic rings. The van der Waals surface area contributed by atoms with Gasteiger partial charge in [0, 0.05) is 0 Å². The summed E-state index contributed by atoms with van der Waals surface area (Å²) in [7, 11) is -4.14. The summed E-state index contributed by atoms with van der Waals surface area (Å²) < 4.78 is 55.9. The fourth-order valence-corrected chi connectivity index (χ4v) is 5.65. The fourth-order valence-electron chi connectivity index (χ4n) is 5.32. The summed E-state index contributed by atoms with van der Waals surface area (Å²) >= 11 is 0. The molecule has 6 rings (SSSR count). The van der Waals surface area contributed by atoms with Crippen molar-refractivity contribution < 1.29 is 41.1 Å². The Labute approximate surface area is 233 Å². The number of amides is 2. The maximum Gasteiger partial charge on any atom is 0.333 e. The molecule has 2 aromatic carbocycles. The molecule has 4 aliphatic heterocycles. The van der Waals surface area contributed by atoms with Gasteiger partial charge in [0.1, 0.15) is 24.9 Å². The average molecular weight is 576 g/mol. The van der Waals surface area contributed by atoms with Gasteiger partial charge in [-0.15, -0.1) is 0 Å². The molecule has 2 aromatic rings. The smallest absolute Gasteiger partial charge is 0.333 e. The van der Waals surface area contributed by atoms with Crippen LogP contribution in [-0.2, 0) is 38.2 Å². The van der Waals surface area contributed by atoms with Crippen molar-refractivity contribution in [3.63, 3.8) is 0 Å². The van der Waals surface area contributed by atoms with Gasteiger partial charge in [0.05, 0.1) is 18.0 Å². The fraction of sp³-hybridized carbons (Fsp3) is 0.444. The van der Waals surface area contributed by atoms with Crippen molar-refractivity contribution in [3.05, 3.63) is 59.7 Å². The van der Waals surface area contributed by atoms with Gasteiger partial charge in [-0.05, 0) is 51.0 Å². The number of para-hydroxylation sites is 2. The van der Waals surface area contributed by atoms with Crippen LogP contribution in [0.3, 0.4) is 0 Å². The van der Waals surface area contributed by atoms with Gasteiger partial charge in [-0.25, -0.2) is 9.93 Å². The maximum atomic E-state index is 11.8. The van der Waals surface area contributed by atoms with E-state index in [0.29, 0.717) is 0 Å². The number of primary amides is 1. The SMILES string of the molecule is CC1(C)O[C@@H]2[C@@H](CO[C@@]3(COS(N)(=O)=O)OC(C)(C)O[C@@H]23)O1.NC(=O)N1c2ccccc2C=Cc2ccccc21. The van der Waals surface area contributed by atoms with Crippen LogP contribution in [0, 0.1) is 0 Å². The molecular weight excluding hydrogens is 542 g/mol. The number of hydrogen-bond donors (Lipinski definition) is 2. The first kappa shape index (κ1) is 28.6. The summed E-state index contributed by atoms with van der Waals surface area (Å²) in [5, 5.41) is 4.89. The van der Waals surface area contributed by atoms with E-state index >= 15 is 0 Å². The van der Waals surface area contributed by atoms with Crippen LogP contribution in [0.2, 0.25) is 0 Å². The van der Waals surface area contributed by atoms with E-state index < -0.39 is 52.5 Å². The van der Waals surface area contributed by atoms with E-state index in [4.69, 9.17) is 38.7 Å². The zero-order valence-corrected chi connectivity index (χ0v) is 23.4. The molecule has 0 bridgehead atoms. The zero-order valence-electron chi connectivity index (χ0n) is 22.6. The van der Waals surface area contributed by atoms with Crippen LogP contribution in [0.4, 0.5) is 16.2 Å². The third-order valence-corrected chi connectivity index (χ3v) is 7.16. The third kappa shape index (κ3) is 5.78. The minimum Gasteiger partial charge on any atom is -0.351 e. The second kappa shape index (κ2) is 10.2. The second-order valence-electron chi connectivity index (χ2n) is 10.7. The van der Waals surface area contributed by atoms with Crippen molar-refractivity contribution in [2.75, 3.05) is 18.1 Å². The van der Waals surface area contributed by atoms with Crippen LogP contribution in [0.1, 0.15) is 38.8 Å². The Morgan fingerprint density at radius 3 is 2.08 bits per heavy atom. The van der Waals surface area contributed by atoms with E-state index in [-0.39, 0.29) is 12.7 Å². The summed E-state index contributed by atoms with van der Waals surface area (Å²) in [5.41, 5.74) is 9.11. The molecule has 2 amide bonds. The molecule has 13 heteroatoms. The van der Waals surface area contributed by atoms with Crippen molar-refractivity contribution in [2.24, 2.45) is 10.9 Å². The molecule has 0 spiro atoms. The third-order valence-electron chi connectivity index (χ3n) is 6.72. The molecule has 3 saturated heterocycles. The Balaban J connectivity index is 0.000000164. The number of benzene rings is 2. The molecule has 40 heavy (non-hydrogen) atoms. The van der Waals surface area contributed by atoms with E-state index in [1.165, 1.54) is 0 Å². The highest BCUT2D eigenvalue weighted by atomic mass is 32.2. The molecule has 3 fully saturated rings. The van der Waals surface area contributed by atoms with Crippen LogP contribution in [0.15, 0.2) is 48.5 Å². The molecule has 0 radical (unpaired) electrons. The molecule has 0 saturated carbocycles. The highest BCUT2D eigenvalue weighted by molar-refractivity contribution is 7.84. The number of carbonyl (C=O) groups is 1. The predicted octanol–water partition coefficient (Wildman–Crippen LogP) is 2.99. The van der Waals surface area contributed by atoms with Crippen molar-refractivity contribution >= 4 is 39.9 Å². The minimum absolute atomic E-state index is 0.165. The van der Waals surface area contributed by atoms with E-state index in [1.807, 2.05) is 60.7 Å².